The minimum atomic E-state index is 0.215. The lowest BCUT2D eigenvalue weighted by molar-refractivity contribution is 0.465. The van der Waals surface area contributed by atoms with Crippen LogP contribution in [0.1, 0.15) is 26.0 Å². The first-order valence-corrected chi connectivity index (χ1v) is 6.18. The zero-order chi connectivity index (χ0) is 10.7. The lowest BCUT2D eigenvalue weighted by Gasteiger charge is -2.20. The molecule has 1 atom stereocenters. The number of hydrogen-bond donors (Lipinski definition) is 1. The first kappa shape index (κ1) is 10.6. The smallest absolute Gasteiger partial charge is 0.157 e. The first-order valence-electron chi connectivity index (χ1n) is 5.20. The summed E-state index contributed by atoms with van der Waals surface area (Å²) >= 11 is 1.79. The molecule has 0 aliphatic carbocycles. The molecule has 2 heterocycles. The molecule has 1 saturated heterocycles. The Morgan fingerprint density at radius 2 is 2.53 bits per heavy atom. The maximum absolute atomic E-state index is 5.23. The molecule has 2 rings (SSSR count). The van der Waals surface area contributed by atoms with Crippen molar-refractivity contribution in [2.75, 3.05) is 5.75 Å². The number of nitrogens with one attached hydrogen (secondary N) is 1. The second kappa shape index (κ2) is 4.31. The first-order chi connectivity index (χ1) is 7.22. The average Bonchev–Trinajstić information content (AvgIpc) is 2.85. The molecule has 1 aliphatic rings. The molecule has 0 aromatic carbocycles. The van der Waals surface area contributed by atoms with E-state index in [4.69, 9.17) is 4.42 Å². The third kappa shape index (κ3) is 2.56. The highest BCUT2D eigenvalue weighted by Gasteiger charge is 2.30. The van der Waals surface area contributed by atoms with Gasteiger partial charge in [-0.1, -0.05) is 18.7 Å². The summed E-state index contributed by atoms with van der Waals surface area (Å²) in [6, 6.07) is 3.84. The van der Waals surface area contributed by atoms with Crippen molar-refractivity contribution in [3.05, 3.63) is 24.2 Å². The van der Waals surface area contributed by atoms with Crippen LogP contribution in [0.2, 0.25) is 0 Å². The summed E-state index contributed by atoms with van der Waals surface area (Å²) in [6.45, 7) is 5.06. The zero-order valence-electron chi connectivity index (χ0n) is 9.12. The molecule has 0 amide bonds. The minimum Gasteiger partial charge on any atom is -0.467 e. The topological polar surface area (TPSA) is 37.5 Å². The number of furan rings is 1. The summed E-state index contributed by atoms with van der Waals surface area (Å²) in [5.41, 5.74) is 0.215. The molecule has 82 valence electrons. The Kier molecular flexibility index (Phi) is 3.05. The molecular formula is C11H16N2OS. The Labute approximate surface area is 94.3 Å². The summed E-state index contributed by atoms with van der Waals surface area (Å²) < 4.78 is 5.23. The third-order valence-electron chi connectivity index (χ3n) is 2.68. The van der Waals surface area contributed by atoms with E-state index >= 15 is 0 Å². The Balaban J connectivity index is 1.93. The second-order valence-electron chi connectivity index (χ2n) is 4.03. The normalized spacial score (nSPS) is 28.3. The van der Waals surface area contributed by atoms with Crippen molar-refractivity contribution in [3.8, 4) is 0 Å². The second-order valence-corrected chi connectivity index (χ2v) is 4.99. The Hall–Kier alpha value is -0.900. The summed E-state index contributed by atoms with van der Waals surface area (Å²) in [7, 11) is 0. The van der Waals surface area contributed by atoms with Gasteiger partial charge >= 0.3 is 0 Å². The Bertz CT molecular complexity index is 347. The number of nitrogens with zero attached hydrogens (tertiary/aromatic N) is 1. The van der Waals surface area contributed by atoms with Crippen LogP contribution in [0, 0.1) is 0 Å². The molecule has 1 aromatic rings. The molecule has 1 unspecified atom stereocenters. The number of thioether (sulfide) groups is 1. The highest BCUT2D eigenvalue weighted by molar-refractivity contribution is 8.14. The van der Waals surface area contributed by atoms with Crippen molar-refractivity contribution >= 4 is 16.9 Å². The van der Waals surface area contributed by atoms with Crippen molar-refractivity contribution in [1.29, 1.82) is 0 Å². The van der Waals surface area contributed by atoms with E-state index in [1.807, 2.05) is 12.1 Å². The Morgan fingerprint density at radius 3 is 3.13 bits per heavy atom. The predicted molar refractivity (Wildman–Crippen MR) is 64.1 cm³/mol. The predicted octanol–water partition coefficient (Wildman–Crippen LogP) is 2.64. The van der Waals surface area contributed by atoms with Crippen LogP contribution in [-0.2, 0) is 6.54 Å². The highest BCUT2D eigenvalue weighted by atomic mass is 32.2. The van der Waals surface area contributed by atoms with E-state index in [1.165, 1.54) is 0 Å². The van der Waals surface area contributed by atoms with Crippen LogP contribution in [0.3, 0.4) is 0 Å². The van der Waals surface area contributed by atoms with E-state index in [9.17, 15) is 0 Å². The van der Waals surface area contributed by atoms with Gasteiger partial charge in [0.05, 0.1) is 12.8 Å². The van der Waals surface area contributed by atoms with Crippen LogP contribution < -0.4 is 5.32 Å². The number of amidine groups is 1. The standard InChI is InChI=1S/C11H16N2OS/c1-3-11(2)8-15-10(13-11)12-7-9-5-4-6-14-9/h4-6H,3,7-8H2,1-2H3,(H,12,13). The van der Waals surface area contributed by atoms with E-state index in [0.717, 1.165) is 23.1 Å². The minimum absolute atomic E-state index is 0.215. The number of rotatable bonds is 3. The van der Waals surface area contributed by atoms with Gasteiger partial charge < -0.3 is 9.73 Å². The van der Waals surface area contributed by atoms with Gasteiger partial charge in [0.1, 0.15) is 5.76 Å². The molecular weight excluding hydrogens is 208 g/mol. The molecule has 4 heteroatoms. The average molecular weight is 224 g/mol. The molecule has 0 saturated carbocycles. The fraction of sp³-hybridized carbons (Fsp3) is 0.545. The fourth-order valence-corrected chi connectivity index (χ4v) is 2.59. The van der Waals surface area contributed by atoms with Gasteiger partial charge in [-0.05, 0) is 25.5 Å². The summed E-state index contributed by atoms with van der Waals surface area (Å²) in [6.07, 6.45) is 2.81. The lowest BCUT2D eigenvalue weighted by Crippen LogP contribution is -2.39. The van der Waals surface area contributed by atoms with E-state index in [0.29, 0.717) is 6.54 Å². The molecule has 15 heavy (non-hydrogen) atoms. The van der Waals surface area contributed by atoms with Crippen molar-refractivity contribution in [1.82, 2.24) is 5.32 Å². The van der Waals surface area contributed by atoms with Crippen LogP contribution in [0.25, 0.3) is 0 Å². The molecule has 1 aliphatic heterocycles. The van der Waals surface area contributed by atoms with Crippen LogP contribution >= 0.6 is 11.8 Å². The largest absolute Gasteiger partial charge is 0.467 e. The zero-order valence-corrected chi connectivity index (χ0v) is 9.93. The molecule has 3 nitrogen and oxygen atoms in total. The van der Waals surface area contributed by atoms with E-state index in [1.54, 1.807) is 18.0 Å². The SMILES string of the molecule is CCC1(C)CSC(=NCc2ccco2)N1. The van der Waals surface area contributed by atoms with Crippen molar-refractivity contribution in [2.45, 2.75) is 32.4 Å². The molecule has 1 N–H and O–H groups in total. The maximum atomic E-state index is 5.23. The van der Waals surface area contributed by atoms with Gasteiger partial charge in [-0.3, -0.25) is 4.99 Å². The summed E-state index contributed by atoms with van der Waals surface area (Å²) in [5, 5.41) is 4.49. The van der Waals surface area contributed by atoms with E-state index in [2.05, 4.69) is 24.2 Å². The van der Waals surface area contributed by atoms with Crippen LogP contribution in [-0.4, -0.2) is 16.5 Å². The van der Waals surface area contributed by atoms with Crippen molar-refractivity contribution in [2.24, 2.45) is 4.99 Å². The van der Waals surface area contributed by atoms with Gasteiger partial charge in [-0.2, -0.15) is 0 Å². The van der Waals surface area contributed by atoms with Gasteiger partial charge in [0.25, 0.3) is 0 Å². The summed E-state index contributed by atoms with van der Waals surface area (Å²) in [5.74, 6) is 2.01. The number of hydrogen-bond acceptors (Lipinski definition) is 3. The molecule has 0 bridgehead atoms. The van der Waals surface area contributed by atoms with Gasteiger partial charge in [0.2, 0.25) is 0 Å². The van der Waals surface area contributed by atoms with Crippen molar-refractivity contribution < 1.29 is 4.42 Å². The molecule has 1 fully saturated rings. The third-order valence-corrected chi connectivity index (χ3v) is 3.96. The summed E-state index contributed by atoms with van der Waals surface area (Å²) in [4.78, 5) is 4.48. The van der Waals surface area contributed by atoms with Gasteiger partial charge in [0, 0.05) is 11.3 Å². The van der Waals surface area contributed by atoms with Gasteiger partial charge in [-0.25, -0.2) is 0 Å². The lowest BCUT2D eigenvalue weighted by atomic mass is 10.0. The highest BCUT2D eigenvalue weighted by Crippen LogP contribution is 2.25. The maximum Gasteiger partial charge on any atom is 0.157 e. The van der Waals surface area contributed by atoms with Crippen molar-refractivity contribution in [3.63, 3.8) is 0 Å². The quantitative estimate of drug-likeness (QED) is 0.857. The van der Waals surface area contributed by atoms with Crippen LogP contribution in [0.5, 0.6) is 0 Å². The van der Waals surface area contributed by atoms with Gasteiger partial charge in [0.15, 0.2) is 5.17 Å². The van der Waals surface area contributed by atoms with E-state index < -0.39 is 0 Å². The van der Waals surface area contributed by atoms with Gasteiger partial charge in [-0.15, -0.1) is 0 Å². The van der Waals surface area contributed by atoms with Crippen LogP contribution in [0.15, 0.2) is 27.8 Å². The molecule has 0 spiro atoms. The molecule has 0 radical (unpaired) electrons. The fourth-order valence-electron chi connectivity index (χ4n) is 1.39. The Morgan fingerprint density at radius 1 is 1.67 bits per heavy atom. The molecule has 1 aromatic heterocycles. The van der Waals surface area contributed by atoms with Crippen LogP contribution in [0.4, 0.5) is 0 Å². The monoisotopic (exact) mass is 224 g/mol. The number of aliphatic imine (C=N–C) groups is 1. The van der Waals surface area contributed by atoms with E-state index in [-0.39, 0.29) is 5.54 Å².